The van der Waals surface area contributed by atoms with Crippen molar-refractivity contribution in [3.63, 3.8) is 0 Å². The number of aryl methyl sites for hydroxylation is 2. The summed E-state index contributed by atoms with van der Waals surface area (Å²) in [6, 6.07) is 7.31. The van der Waals surface area contributed by atoms with Crippen molar-refractivity contribution < 1.29 is 5.11 Å². The number of rotatable bonds is 3. The fourth-order valence-corrected chi connectivity index (χ4v) is 4.49. The van der Waals surface area contributed by atoms with Crippen LogP contribution >= 0.6 is 0 Å². The molecule has 0 amide bonds. The standard InChI is InChI=1S/C20H28N2O/c1-13-5-7-19-17(9-13)18-11-15(6-8-20(18)22-19)21-12-14-3-2-4-16(23)10-14/h5,7,9,14-16,21-23H,2-4,6,8,10-12H2,1H3. The molecule has 2 aromatic rings. The van der Waals surface area contributed by atoms with E-state index >= 15 is 0 Å². The van der Waals surface area contributed by atoms with E-state index in [4.69, 9.17) is 0 Å². The molecule has 0 bridgehead atoms. The third-order valence-corrected chi connectivity index (χ3v) is 5.79. The summed E-state index contributed by atoms with van der Waals surface area (Å²) in [4.78, 5) is 3.61. The summed E-state index contributed by atoms with van der Waals surface area (Å²) in [5.74, 6) is 0.658. The molecule has 2 aliphatic rings. The highest BCUT2D eigenvalue weighted by atomic mass is 16.3. The molecule has 3 heteroatoms. The van der Waals surface area contributed by atoms with E-state index in [2.05, 4.69) is 35.4 Å². The summed E-state index contributed by atoms with van der Waals surface area (Å²) >= 11 is 0. The van der Waals surface area contributed by atoms with Gasteiger partial charge in [-0.2, -0.15) is 0 Å². The predicted octanol–water partition coefficient (Wildman–Crippen LogP) is 3.47. The Morgan fingerprint density at radius 1 is 1.26 bits per heavy atom. The summed E-state index contributed by atoms with van der Waals surface area (Å²) in [5, 5.41) is 15.0. The van der Waals surface area contributed by atoms with Crippen molar-refractivity contribution in [2.45, 2.75) is 64.0 Å². The van der Waals surface area contributed by atoms with Crippen LogP contribution in [0.2, 0.25) is 0 Å². The van der Waals surface area contributed by atoms with Gasteiger partial charge >= 0.3 is 0 Å². The first-order valence-electron chi connectivity index (χ1n) is 9.20. The molecule has 0 aliphatic heterocycles. The molecule has 1 aromatic heterocycles. The Bertz CT molecular complexity index is 690. The molecule has 2 aliphatic carbocycles. The van der Waals surface area contributed by atoms with Crippen LogP contribution in [0, 0.1) is 12.8 Å². The highest BCUT2D eigenvalue weighted by Gasteiger charge is 2.24. The summed E-state index contributed by atoms with van der Waals surface area (Å²) in [5.41, 5.74) is 5.59. The van der Waals surface area contributed by atoms with Gasteiger partial charge in [0.1, 0.15) is 0 Å². The number of nitrogens with one attached hydrogen (secondary N) is 2. The van der Waals surface area contributed by atoms with Crippen LogP contribution in [0.15, 0.2) is 18.2 Å². The molecule has 23 heavy (non-hydrogen) atoms. The lowest BCUT2D eigenvalue weighted by Gasteiger charge is -2.29. The maximum atomic E-state index is 9.83. The largest absolute Gasteiger partial charge is 0.393 e. The van der Waals surface area contributed by atoms with Gasteiger partial charge in [-0.1, -0.05) is 18.1 Å². The van der Waals surface area contributed by atoms with Gasteiger partial charge in [0.25, 0.3) is 0 Å². The van der Waals surface area contributed by atoms with Crippen molar-refractivity contribution in [2.24, 2.45) is 5.92 Å². The minimum absolute atomic E-state index is 0.0647. The number of aliphatic hydroxyl groups is 1. The van der Waals surface area contributed by atoms with Crippen LogP contribution < -0.4 is 5.32 Å². The molecule has 3 atom stereocenters. The van der Waals surface area contributed by atoms with Gasteiger partial charge in [-0.15, -0.1) is 0 Å². The van der Waals surface area contributed by atoms with Crippen molar-refractivity contribution in [1.29, 1.82) is 0 Å². The molecule has 1 fully saturated rings. The van der Waals surface area contributed by atoms with Crippen molar-refractivity contribution in [1.82, 2.24) is 10.3 Å². The minimum Gasteiger partial charge on any atom is -0.393 e. The van der Waals surface area contributed by atoms with Gasteiger partial charge in [-0.25, -0.2) is 0 Å². The lowest BCUT2D eigenvalue weighted by Crippen LogP contribution is -2.39. The van der Waals surface area contributed by atoms with Gasteiger partial charge < -0.3 is 15.4 Å². The summed E-state index contributed by atoms with van der Waals surface area (Å²) in [7, 11) is 0. The maximum Gasteiger partial charge on any atom is 0.0543 e. The van der Waals surface area contributed by atoms with Crippen LogP contribution in [0.3, 0.4) is 0 Å². The van der Waals surface area contributed by atoms with E-state index in [0.717, 1.165) is 32.2 Å². The van der Waals surface area contributed by atoms with E-state index in [0.29, 0.717) is 12.0 Å². The van der Waals surface area contributed by atoms with Gasteiger partial charge in [0, 0.05) is 22.6 Å². The number of aliphatic hydroxyl groups excluding tert-OH is 1. The lowest BCUT2D eigenvalue weighted by atomic mass is 9.86. The molecule has 1 heterocycles. The van der Waals surface area contributed by atoms with Crippen LogP contribution in [0.4, 0.5) is 0 Å². The number of aromatic nitrogens is 1. The number of hydrogen-bond acceptors (Lipinski definition) is 2. The molecular formula is C20H28N2O. The van der Waals surface area contributed by atoms with Crippen molar-refractivity contribution in [2.75, 3.05) is 6.54 Å². The Kier molecular flexibility index (Phi) is 4.16. The predicted molar refractivity (Wildman–Crippen MR) is 94.8 cm³/mol. The highest BCUT2D eigenvalue weighted by Crippen LogP contribution is 2.30. The first-order chi connectivity index (χ1) is 11.2. The van der Waals surface area contributed by atoms with E-state index in [1.54, 1.807) is 0 Å². The van der Waals surface area contributed by atoms with Crippen LogP contribution in [0.1, 0.15) is 48.9 Å². The number of aromatic amines is 1. The number of hydrogen-bond donors (Lipinski definition) is 3. The Balaban J connectivity index is 1.43. The van der Waals surface area contributed by atoms with Crippen molar-refractivity contribution in [3.8, 4) is 0 Å². The van der Waals surface area contributed by atoms with Crippen LogP contribution in [-0.2, 0) is 12.8 Å². The third kappa shape index (κ3) is 3.17. The Morgan fingerprint density at radius 2 is 2.17 bits per heavy atom. The molecule has 0 radical (unpaired) electrons. The maximum absolute atomic E-state index is 9.83. The summed E-state index contributed by atoms with van der Waals surface area (Å²) in [6.07, 6.45) is 7.87. The Morgan fingerprint density at radius 3 is 3.04 bits per heavy atom. The zero-order valence-electron chi connectivity index (χ0n) is 14.1. The van der Waals surface area contributed by atoms with E-state index in [9.17, 15) is 5.11 Å². The number of benzene rings is 1. The highest BCUT2D eigenvalue weighted by molar-refractivity contribution is 5.85. The molecule has 0 saturated heterocycles. The lowest BCUT2D eigenvalue weighted by molar-refractivity contribution is 0.0994. The third-order valence-electron chi connectivity index (χ3n) is 5.79. The van der Waals surface area contributed by atoms with E-state index < -0.39 is 0 Å². The summed E-state index contributed by atoms with van der Waals surface area (Å²) in [6.45, 7) is 3.24. The van der Waals surface area contributed by atoms with Gasteiger partial charge in [0.15, 0.2) is 0 Å². The molecule has 3 unspecified atom stereocenters. The quantitative estimate of drug-likeness (QED) is 0.812. The van der Waals surface area contributed by atoms with Crippen LogP contribution in [0.5, 0.6) is 0 Å². The Labute approximate surface area is 138 Å². The first-order valence-corrected chi connectivity index (χ1v) is 9.20. The first kappa shape index (κ1) is 15.2. The second-order valence-corrected chi connectivity index (χ2v) is 7.67. The SMILES string of the molecule is Cc1ccc2[nH]c3c(c2c1)CC(NCC1CCCC(O)C1)CC3. The van der Waals surface area contributed by atoms with Crippen LogP contribution in [0.25, 0.3) is 10.9 Å². The fraction of sp³-hybridized carbons (Fsp3) is 0.600. The molecule has 1 aromatic carbocycles. The molecule has 124 valence electrons. The van der Waals surface area contributed by atoms with E-state index in [1.165, 1.54) is 47.0 Å². The molecule has 3 N–H and O–H groups in total. The van der Waals surface area contributed by atoms with Crippen molar-refractivity contribution >= 4 is 10.9 Å². The molecule has 1 saturated carbocycles. The summed E-state index contributed by atoms with van der Waals surface area (Å²) < 4.78 is 0. The zero-order valence-corrected chi connectivity index (χ0v) is 14.1. The second-order valence-electron chi connectivity index (χ2n) is 7.67. The van der Waals surface area contributed by atoms with Gasteiger partial charge in [0.2, 0.25) is 0 Å². The van der Waals surface area contributed by atoms with E-state index in [1.807, 2.05) is 0 Å². The van der Waals surface area contributed by atoms with E-state index in [-0.39, 0.29) is 6.10 Å². The second kappa shape index (κ2) is 6.29. The zero-order chi connectivity index (χ0) is 15.8. The average Bonchev–Trinajstić information content (AvgIpc) is 2.90. The van der Waals surface area contributed by atoms with Gasteiger partial charge in [-0.3, -0.25) is 0 Å². The molecule has 0 spiro atoms. The fourth-order valence-electron chi connectivity index (χ4n) is 4.49. The topological polar surface area (TPSA) is 48.0 Å². The monoisotopic (exact) mass is 312 g/mol. The van der Waals surface area contributed by atoms with Gasteiger partial charge in [0.05, 0.1) is 6.10 Å². The number of fused-ring (bicyclic) bond motifs is 3. The molecular weight excluding hydrogens is 284 g/mol. The molecule has 4 rings (SSSR count). The number of H-pyrrole nitrogens is 1. The molecule has 3 nitrogen and oxygen atoms in total. The normalized spacial score (nSPS) is 28.0. The van der Waals surface area contributed by atoms with Crippen molar-refractivity contribution in [3.05, 3.63) is 35.0 Å². The van der Waals surface area contributed by atoms with Crippen LogP contribution in [-0.4, -0.2) is 28.8 Å². The van der Waals surface area contributed by atoms with Gasteiger partial charge in [-0.05, 0) is 75.6 Å². The average molecular weight is 312 g/mol. The minimum atomic E-state index is -0.0647. The Hall–Kier alpha value is -1.32. The smallest absolute Gasteiger partial charge is 0.0543 e.